The van der Waals surface area contributed by atoms with Gasteiger partial charge in [-0.05, 0) is 56.1 Å². The van der Waals surface area contributed by atoms with E-state index in [1.807, 2.05) is 0 Å². The van der Waals surface area contributed by atoms with Crippen molar-refractivity contribution in [3.05, 3.63) is 37.8 Å². The Morgan fingerprint density at radius 3 is 2.29 bits per heavy atom. The summed E-state index contributed by atoms with van der Waals surface area (Å²) in [5.41, 5.74) is 1.74. The van der Waals surface area contributed by atoms with Crippen molar-refractivity contribution in [2.75, 3.05) is 0 Å². The average molecular weight is 337 g/mol. The van der Waals surface area contributed by atoms with Crippen LogP contribution >= 0.6 is 43.2 Å². The van der Waals surface area contributed by atoms with Crippen LogP contribution in [0.3, 0.4) is 0 Å². The second-order valence-electron chi connectivity index (χ2n) is 2.60. The molecule has 72 valence electrons. The van der Waals surface area contributed by atoms with E-state index in [-0.39, 0.29) is 5.82 Å². The number of thiazole rings is 1. The van der Waals surface area contributed by atoms with E-state index in [1.165, 1.54) is 23.5 Å². The molecule has 1 aromatic carbocycles. The van der Waals surface area contributed by atoms with Crippen LogP contribution in [0.5, 0.6) is 0 Å². The second-order valence-corrected chi connectivity index (χ2v) is 6.19. The monoisotopic (exact) mass is 335 g/mol. The molecule has 0 fully saturated rings. The Morgan fingerprint density at radius 1 is 1.14 bits per heavy atom. The van der Waals surface area contributed by atoms with Gasteiger partial charge in [-0.25, -0.2) is 9.37 Å². The SMILES string of the molecule is Fc1ccc(-c2nc(Br)sc2Br)cc1. The van der Waals surface area contributed by atoms with Gasteiger partial charge in [-0.15, -0.1) is 0 Å². The zero-order chi connectivity index (χ0) is 10.1. The van der Waals surface area contributed by atoms with E-state index in [0.29, 0.717) is 0 Å². The number of aromatic nitrogens is 1. The normalized spacial score (nSPS) is 10.5. The number of hydrogen-bond donors (Lipinski definition) is 0. The van der Waals surface area contributed by atoms with Crippen LogP contribution < -0.4 is 0 Å². The summed E-state index contributed by atoms with van der Waals surface area (Å²) >= 11 is 8.20. The maximum atomic E-state index is 12.7. The van der Waals surface area contributed by atoms with Crippen LogP contribution in [0.15, 0.2) is 32.0 Å². The average Bonchev–Trinajstić information content (AvgIpc) is 2.47. The maximum Gasteiger partial charge on any atom is 0.160 e. The van der Waals surface area contributed by atoms with Crippen LogP contribution in [-0.2, 0) is 0 Å². The number of halogens is 3. The first-order chi connectivity index (χ1) is 6.66. The molecule has 2 aromatic rings. The molecule has 0 bridgehead atoms. The number of hydrogen-bond acceptors (Lipinski definition) is 2. The van der Waals surface area contributed by atoms with Crippen LogP contribution in [0.25, 0.3) is 11.3 Å². The molecule has 2 rings (SSSR count). The molecule has 0 N–H and O–H groups in total. The molecule has 0 aliphatic rings. The van der Waals surface area contributed by atoms with Gasteiger partial charge in [0.05, 0.1) is 9.48 Å². The van der Waals surface area contributed by atoms with E-state index in [0.717, 1.165) is 19.0 Å². The van der Waals surface area contributed by atoms with Gasteiger partial charge in [0.1, 0.15) is 5.82 Å². The summed E-state index contributed by atoms with van der Waals surface area (Å²) in [6, 6.07) is 6.27. The molecule has 0 aliphatic heterocycles. The Balaban J connectivity index is 2.49. The van der Waals surface area contributed by atoms with Crippen LogP contribution in [0.4, 0.5) is 4.39 Å². The molecule has 1 heterocycles. The van der Waals surface area contributed by atoms with E-state index in [2.05, 4.69) is 36.8 Å². The van der Waals surface area contributed by atoms with Crippen LogP contribution in [-0.4, -0.2) is 4.98 Å². The van der Waals surface area contributed by atoms with E-state index < -0.39 is 0 Å². The van der Waals surface area contributed by atoms with Gasteiger partial charge in [0, 0.05) is 5.56 Å². The van der Waals surface area contributed by atoms with Crippen molar-refractivity contribution in [3.63, 3.8) is 0 Å². The van der Waals surface area contributed by atoms with Gasteiger partial charge in [0.2, 0.25) is 0 Å². The molecular weight excluding hydrogens is 333 g/mol. The highest BCUT2D eigenvalue weighted by Gasteiger charge is 2.09. The summed E-state index contributed by atoms with van der Waals surface area (Å²) in [5.74, 6) is -0.237. The Bertz CT molecular complexity index is 452. The molecule has 0 spiro atoms. The lowest BCUT2D eigenvalue weighted by Crippen LogP contribution is -1.79. The fraction of sp³-hybridized carbons (Fsp3) is 0. The number of nitrogens with zero attached hydrogens (tertiary/aromatic N) is 1. The van der Waals surface area contributed by atoms with Gasteiger partial charge in [-0.1, -0.05) is 11.3 Å². The quantitative estimate of drug-likeness (QED) is 0.748. The highest BCUT2D eigenvalue weighted by atomic mass is 79.9. The minimum atomic E-state index is -0.237. The van der Waals surface area contributed by atoms with Crippen LogP contribution in [0.2, 0.25) is 0 Å². The molecule has 0 atom stereocenters. The molecule has 0 unspecified atom stereocenters. The maximum absolute atomic E-state index is 12.7. The second kappa shape index (κ2) is 4.08. The molecule has 1 aromatic heterocycles. The van der Waals surface area contributed by atoms with Crippen molar-refractivity contribution in [1.29, 1.82) is 0 Å². The fourth-order valence-corrected chi connectivity index (χ4v) is 3.70. The first-order valence-corrected chi connectivity index (χ1v) is 6.15. The molecule has 5 heteroatoms. The van der Waals surface area contributed by atoms with Crippen LogP contribution in [0, 0.1) is 5.82 Å². The highest BCUT2D eigenvalue weighted by Crippen LogP contribution is 2.35. The van der Waals surface area contributed by atoms with Crippen molar-refractivity contribution >= 4 is 43.2 Å². The number of benzene rings is 1. The molecule has 14 heavy (non-hydrogen) atoms. The number of rotatable bonds is 1. The predicted octanol–water partition coefficient (Wildman–Crippen LogP) is 4.47. The lowest BCUT2D eigenvalue weighted by atomic mass is 10.2. The third kappa shape index (κ3) is 2.04. The molecule has 0 saturated heterocycles. The first-order valence-electron chi connectivity index (χ1n) is 3.74. The largest absolute Gasteiger partial charge is 0.228 e. The highest BCUT2D eigenvalue weighted by molar-refractivity contribution is 9.12. The first kappa shape index (κ1) is 10.3. The van der Waals surface area contributed by atoms with Gasteiger partial charge in [0.25, 0.3) is 0 Å². The smallest absolute Gasteiger partial charge is 0.160 e. The van der Waals surface area contributed by atoms with E-state index in [4.69, 9.17) is 0 Å². The molecule has 0 aliphatic carbocycles. The minimum absolute atomic E-state index is 0.237. The summed E-state index contributed by atoms with van der Waals surface area (Å²) in [5, 5.41) is 0. The standard InChI is InChI=1S/C9H4Br2FNS/c10-8-7(13-9(11)14-8)5-1-3-6(12)4-2-5/h1-4H. The zero-order valence-electron chi connectivity index (χ0n) is 6.80. The zero-order valence-corrected chi connectivity index (χ0v) is 10.8. The summed E-state index contributed by atoms with van der Waals surface area (Å²) < 4.78 is 14.4. The summed E-state index contributed by atoms with van der Waals surface area (Å²) in [4.78, 5) is 4.28. The molecule has 0 radical (unpaired) electrons. The third-order valence-electron chi connectivity index (χ3n) is 1.68. The van der Waals surface area contributed by atoms with Gasteiger partial charge in [0.15, 0.2) is 3.92 Å². The van der Waals surface area contributed by atoms with E-state index in [9.17, 15) is 4.39 Å². The van der Waals surface area contributed by atoms with Gasteiger partial charge >= 0.3 is 0 Å². The summed E-state index contributed by atoms with van der Waals surface area (Å²) in [6.07, 6.45) is 0. The Morgan fingerprint density at radius 2 is 1.79 bits per heavy atom. The van der Waals surface area contributed by atoms with Gasteiger partial charge in [-0.3, -0.25) is 0 Å². The van der Waals surface area contributed by atoms with E-state index >= 15 is 0 Å². The Hall–Kier alpha value is -0.260. The topological polar surface area (TPSA) is 12.9 Å². The predicted molar refractivity (Wildman–Crippen MR) is 62.9 cm³/mol. The summed E-state index contributed by atoms with van der Waals surface area (Å²) in [6.45, 7) is 0. The van der Waals surface area contributed by atoms with Crippen molar-refractivity contribution in [2.24, 2.45) is 0 Å². The van der Waals surface area contributed by atoms with Gasteiger partial charge in [-0.2, -0.15) is 0 Å². The Labute approximate surface area is 101 Å². The fourth-order valence-electron chi connectivity index (χ4n) is 1.06. The van der Waals surface area contributed by atoms with Gasteiger partial charge < -0.3 is 0 Å². The van der Waals surface area contributed by atoms with E-state index in [1.54, 1.807) is 12.1 Å². The van der Waals surface area contributed by atoms with Crippen molar-refractivity contribution in [2.45, 2.75) is 0 Å². The lowest BCUT2D eigenvalue weighted by molar-refractivity contribution is 0.628. The molecule has 0 saturated carbocycles. The molecule has 1 nitrogen and oxygen atoms in total. The summed E-state index contributed by atoms with van der Waals surface area (Å²) in [7, 11) is 0. The van der Waals surface area contributed by atoms with Crippen molar-refractivity contribution in [3.8, 4) is 11.3 Å². The lowest BCUT2D eigenvalue weighted by Gasteiger charge is -1.96. The molecular formula is C9H4Br2FNS. The van der Waals surface area contributed by atoms with Crippen molar-refractivity contribution in [1.82, 2.24) is 4.98 Å². The minimum Gasteiger partial charge on any atom is -0.228 e. The Kier molecular flexibility index (Phi) is 2.99. The third-order valence-corrected chi connectivity index (χ3v) is 3.83. The van der Waals surface area contributed by atoms with Crippen LogP contribution in [0.1, 0.15) is 0 Å². The van der Waals surface area contributed by atoms with Crippen molar-refractivity contribution < 1.29 is 4.39 Å². The molecule has 0 amide bonds.